The molecular formula is C15H20O10. The fourth-order valence-corrected chi connectivity index (χ4v) is 1.78. The second kappa shape index (κ2) is 10.2. The molecule has 0 saturated heterocycles. The largest absolute Gasteiger partial charge is 0.543 e. The van der Waals surface area contributed by atoms with Crippen molar-refractivity contribution >= 4 is 12.1 Å². The molecule has 0 spiro atoms. The third kappa shape index (κ3) is 6.01. The van der Waals surface area contributed by atoms with E-state index in [-0.39, 0.29) is 23.7 Å². The normalized spacial score (nSPS) is 11.2. The van der Waals surface area contributed by atoms with Crippen molar-refractivity contribution in [1.29, 1.82) is 0 Å². The summed E-state index contributed by atoms with van der Waals surface area (Å²) >= 11 is 0. The van der Waals surface area contributed by atoms with E-state index >= 15 is 0 Å². The van der Waals surface area contributed by atoms with E-state index in [0.717, 1.165) is 0 Å². The van der Waals surface area contributed by atoms with Crippen LogP contribution in [0.25, 0.3) is 0 Å². The second-order valence-electron chi connectivity index (χ2n) is 4.57. The van der Waals surface area contributed by atoms with Crippen LogP contribution < -0.4 is 14.2 Å². The molecule has 0 bridgehead atoms. The molecule has 25 heavy (non-hydrogen) atoms. The van der Waals surface area contributed by atoms with Gasteiger partial charge in [0.1, 0.15) is 6.10 Å². The Morgan fingerprint density at radius 3 is 2.04 bits per heavy atom. The topological polar surface area (TPSA) is 108 Å². The van der Waals surface area contributed by atoms with Crippen LogP contribution in [0.4, 0.5) is 4.79 Å². The van der Waals surface area contributed by atoms with Gasteiger partial charge in [0.15, 0.2) is 11.5 Å². The van der Waals surface area contributed by atoms with Crippen LogP contribution in [0.15, 0.2) is 12.1 Å². The average Bonchev–Trinajstić information content (AvgIpc) is 2.60. The molecule has 0 aromatic heterocycles. The van der Waals surface area contributed by atoms with Crippen molar-refractivity contribution in [3.8, 4) is 17.2 Å². The Bertz CT molecular complexity index is 561. The summed E-state index contributed by atoms with van der Waals surface area (Å²) in [6.45, 7) is 1.74. The average molecular weight is 360 g/mol. The van der Waals surface area contributed by atoms with Crippen molar-refractivity contribution in [3.63, 3.8) is 0 Å². The van der Waals surface area contributed by atoms with Crippen LogP contribution in [-0.2, 0) is 24.3 Å². The number of carbonyl (C=O) groups is 2. The van der Waals surface area contributed by atoms with E-state index in [0.29, 0.717) is 5.75 Å². The van der Waals surface area contributed by atoms with E-state index in [2.05, 4.69) is 14.8 Å². The van der Waals surface area contributed by atoms with Crippen LogP contribution in [0.5, 0.6) is 17.2 Å². The predicted molar refractivity (Wildman–Crippen MR) is 81.5 cm³/mol. The first-order valence-electron chi connectivity index (χ1n) is 7.01. The number of benzene rings is 1. The molecule has 0 saturated carbocycles. The highest BCUT2D eigenvalue weighted by atomic mass is 17.5. The van der Waals surface area contributed by atoms with E-state index < -0.39 is 18.2 Å². The summed E-state index contributed by atoms with van der Waals surface area (Å²) < 4.78 is 24.8. The molecule has 1 atom stereocenters. The number of hydrogen-bond donors (Lipinski definition) is 0. The molecule has 10 nitrogen and oxygen atoms in total. The maximum absolute atomic E-state index is 11.9. The first-order valence-corrected chi connectivity index (χ1v) is 7.01. The Balaban J connectivity index is 2.64. The van der Waals surface area contributed by atoms with Gasteiger partial charge < -0.3 is 23.7 Å². The van der Waals surface area contributed by atoms with Gasteiger partial charge in [-0.1, -0.05) is 0 Å². The van der Waals surface area contributed by atoms with E-state index in [9.17, 15) is 9.59 Å². The molecule has 0 N–H and O–H groups in total. The lowest BCUT2D eigenvalue weighted by Gasteiger charge is -2.13. The first kappa shape index (κ1) is 20.3. The van der Waals surface area contributed by atoms with Gasteiger partial charge in [-0.25, -0.2) is 14.5 Å². The zero-order valence-corrected chi connectivity index (χ0v) is 14.5. The third-order valence-corrected chi connectivity index (χ3v) is 2.81. The van der Waals surface area contributed by atoms with Gasteiger partial charge in [0, 0.05) is 7.11 Å². The molecule has 0 amide bonds. The smallest absolute Gasteiger partial charge is 0.493 e. The van der Waals surface area contributed by atoms with Crippen LogP contribution in [0, 0.1) is 0 Å². The highest BCUT2D eigenvalue weighted by Gasteiger charge is 2.20. The monoisotopic (exact) mass is 360 g/mol. The van der Waals surface area contributed by atoms with Gasteiger partial charge in [-0.15, -0.1) is 0 Å². The molecule has 140 valence electrons. The first-order chi connectivity index (χ1) is 12.0. The molecule has 1 aromatic carbocycles. The van der Waals surface area contributed by atoms with Crippen LogP contribution >= 0.6 is 0 Å². The molecule has 0 radical (unpaired) electrons. The minimum absolute atomic E-state index is 0.0132. The molecule has 0 heterocycles. The van der Waals surface area contributed by atoms with Crippen molar-refractivity contribution in [2.75, 3.05) is 35.0 Å². The van der Waals surface area contributed by atoms with Crippen molar-refractivity contribution in [3.05, 3.63) is 17.7 Å². The minimum Gasteiger partial charge on any atom is -0.493 e. The number of ether oxygens (including phenoxy) is 5. The maximum Gasteiger partial charge on any atom is 0.543 e. The van der Waals surface area contributed by atoms with E-state index in [1.807, 2.05) is 0 Å². The maximum atomic E-state index is 11.9. The van der Waals surface area contributed by atoms with Crippen LogP contribution in [-0.4, -0.2) is 53.3 Å². The summed E-state index contributed by atoms with van der Waals surface area (Å²) in [5.41, 5.74) is 0.0132. The molecule has 0 aliphatic carbocycles. The third-order valence-electron chi connectivity index (χ3n) is 2.81. The van der Waals surface area contributed by atoms with Gasteiger partial charge in [-0.05, 0) is 19.1 Å². The molecule has 0 aliphatic heterocycles. The van der Waals surface area contributed by atoms with Gasteiger partial charge in [-0.3, -0.25) is 4.89 Å². The van der Waals surface area contributed by atoms with Crippen molar-refractivity contribution in [2.45, 2.75) is 13.0 Å². The lowest BCUT2D eigenvalue weighted by Crippen LogP contribution is -2.21. The van der Waals surface area contributed by atoms with Crippen LogP contribution in [0.3, 0.4) is 0 Å². The Labute approximate surface area is 144 Å². The summed E-state index contributed by atoms with van der Waals surface area (Å²) in [5.74, 6) is -0.184. The SMILES string of the molecule is COCC(C)OC(=O)OOOC(=O)c1cc(OC)c(OC)c(OC)c1. The molecular weight excluding hydrogens is 340 g/mol. The molecule has 10 heteroatoms. The Hall–Kier alpha value is -2.72. The summed E-state index contributed by atoms with van der Waals surface area (Å²) in [7, 11) is 5.65. The Kier molecular flexibility index (Phi) is 8.30. The van der Waals surface area contributed by atoms with Crippen molar-refractivity contribution in [1.82, 2.24) is 0 Å². The molecule has 1 unspecified atom stereocenters. The van der Waals surface area contributed by atoms with Gasteiger partial charge in [0.2, 0.25) is 5.75 Å². The van der Waals surface area contributed by atoms with Crippen LogP contribution in [0.1, 0.15) is 17.3 Å². The summed E-state index contributed by atoms with van der Waals surface area (Å²) in [5, 5.41) is 4.12. The van der Waals surface area contributed by atoms with E-state index in [1.54, 1.807) is 6.92 Å². The zero-order valence-electron chi connectivity index (χ0n) is 14.5. The predicted octanol–water partition coefficient (Wildman–Crippen LogP) is 1.90. The minimum atomic E-state index is -1.19. The fraction of sp³-hybridized carbons (Fsp3) is 0.467. The summed E-state index contributed by atoms with van der Waals surface area (Å²) in [4.78, 5) is 31.7. The Morgan fingerprint density at radius 2 is 1.56 bits per heavy atom. The van der Waals surface area contributed by atoms with Gasteiger partial charge in [0.05, 0.1) is 38.5 Å². The van der Waals surface area contributed by atoms with Gasteiger partial charge >= 0.3 is 12.1 Å². The van der Waals surface area contributed by atoms with E-state index in [4.69, 9.17) is 23.7 Å². The standard InChI is InChI=1S/C15H20O10/c1-9(8-18-2)22-15(17)24-25-23-14(16)10-6-11(19-3)13(21-5)12(7-10)20-4/h6-7,9H,8H2,1-5H3. The summed E-state index contributed by atoms with van der Waals surface area (Å²) in [6.07, 6.45) is -1.76. The molecule has 1 rings (SSSR count). The summed E-state index contributed by atoms with van der Waals surface area (Å²) in [6, 6.07) is 2.68. The number of rotatable bonds is 9. The van der Waals surface area contributed by atoms with Gasteiger partial charge in [-0.2, -0.15) is 0 Å². The highest BCUT2D eigenvalue weighted by molar-refractivity contribution is 5.90. The van der Waals surface area contributed by atoms with Crippen LogP contribution in [0.2, 0.25) is 0 Å². The quantitative estimate of drug-likeness (QED) is 0.368. The lowest BCUT2D eigenvalue weighted by molar-refractivity contribution is -0.453. The molecule has 1 aromatic rings. The van der Waals surface area contributed by atoms with Crippen molar-refractivity contribution in [2.24, 2.45) is 0 Å². The van der Waals surface area contributed by atoms with Crippen molar-refractivity contribution < 1.29 is 48.1 Å². The Morgan fingerprint density at radius 1 is 0.960 bits per heavy atom. The lowest BCUT2D eigenvalue weighted by atomic mass is 10.2. The van der Waals surface area contributed by atoms with Gasteiger partial charge in [0.25, 0.3) is 0 Å². The number of carbonyl (C=O) groups excluding carboxylic acids is 2. The molecule has 0 fully saturated rings. The highest BCUT2D eigenvalue weighted by Crippen LogP contribution is 2.38. The fourth-order valence-electron chi connectivity index (χ4n) is 1.78. The molecule has 0 aliphatic rings. The van der Waals surface area contributed by atoms with E-state index in [1.165, 1.54) is 40.6 Å². The zero-order chi connectivity index (χ0) is 18.8. The second-order valence-corrected chi connectivity index (χ2v) is 4.57. The number of methoxy groups -OCH3 is 4. The number of hydrogen-bond acceptors (Lipinski definition) is 10.